The molecule has 0 heterocycles. The predicted molar refractivity (Wildman–Crippen MR) is 94.1 cm³/mol. The SMILES string of the molecule is COc1ccc(CC(=O)NCCN(C(C)=O)c2ccc(F)cc2F)cc1. The number of anilines is 1. The molecule has 0 aliphatic heterocycles. The Morgan fingerprint density at radius 1 is 1.12 bits per heavy atom. The van der Waals surface area contributed by atoms with E-state index in [9.17, 15) is 18.4 Å². The molecule has 5 nitrogen and oxygen atoms in total. The van der Waals surface area contributed by atoms with E-state index in [2.05, 4.69) is 5.32 Å². The first-order chi connectivity index (χ1) is 12.4. The van der Waals surface area contributed by atoms with E-state index in [4.69, 9.17) is 4.74 Å². The van der Waals surface area contributed by atoms with Crippen LogP contribution in [0.5, 0.6) is 5.75 Å². The number of carbonyl (C=O) groups is 2. The van der Waals surface area contributed by atoms with Crippen molar-refractivity contribution < 1.29 is 23.1 Å². The quantitative estimate of drug-likeness (QED) is 0.824. The highest BCUT2D eigenvalue weighted by Crippen LogP contribution is 2.20. The van der Waals surface area contributed by atoms with E-state index < -0.39 is 17.5 Å². The summed E-state index contributed by atoms with van der Waals surface area (Å²) in [6, 6.07) is 10.1. The summed E-state index contributed by atoms with van der Waals surface area (Å²) in [7, 11) is 1.56. The van der Waals surface area contributed by atoms with E-state index in [0.29, 0.717) is 11.8 Å². The van der Waals surface area contributed by atoms with Gasteiger partial charge in [-0.05, 0) is 29.8 Å². The lowest BCUT2D eigenvalue weighted by Crippen LogP contribution is -2.38. The third-order valence-corrected chi connectivity index (χ3v) is 3.76. The van der Waals surface area contributed by atoms with Crippen molar-refractivity contribution in [3.63, 3.8) is 0 Å². The summed E-state index contributed by atoms with van der Waals surface area (Å²) >= 11 is 0. The van der Waals surface area contributed by atoms with Gasteiger partial charge in [-0.25, -0.2) is 8.78 Å². The molecule has 0 unspecified atom stereocenters. The van der Waals surface area contributed by atoms with E-state index in [-0.39, 0.29) is 31.1 Å². The molecule has 1 N–H and O–H groups in total. The highest BCUT2D eigenvalue weighted by molar-refractivity contribution is 5.91. The van der Waals surface area contributed by atoms with Crippen LogP contribution in [-0.4, -0.2) is 32.0 Å². The lowest BCUT2D eigenvalue weighted by atomic mass is 10.1. The fourth-order valence-electron chi connectivity index (χ4n) is 2.45. The fraction of sp³-hybridized carbons (Fsp3) is 0.263. The van der Waals surface area contributed by atoms with Crippen LogP contribution >= 0.6 is 0 Å². The average Bonchev–Trinajstić information content (AvgIpc) is 2.60. The van der Waals surface area contributed by atoms with Crippen molar-refractivity contribution in [3.8, 4) is 5.75 Å². The van der Waals surface area contributed by atoms with Gasteiger partial charge in [0.1, 0.15) is 17.4 Å². The van der Waals surface area contributed by atoms with Gasteiger partial charge in [-0.1, -0.05) is 12.1 Å². The van der Waals surface area contributed by atoms with Crippen LogP contribution in [0.4, 0.5) is 14.5 Å². The van der Waals surface area contributed by atoms with E-state index in [1.807, 2.05) is 0 Å². The molecular weight excluding hydrogens is 342 g/mol. The lowest BCUT2D eigenvalue weighted by molar-refractivity contribution is -0.121. The molecule has 0 fully saturated rings. The van der Waals surface area contributed by atoms with Gasteiger partial charge < -0.3 is 15.0 Å². The zero-order valence-corrected chi connectivity index (χ0v) is 14.6. The largest absolute Gasteiger partial charge is 0.497 e. The third-order valence-electron chi connectivity index (χ3n) is 3.76. The van der Waals surface area contributed by atoms with Crippen LogP contribution < -0.4 is 15.0 Å². The van der Waals surface area contributed by atoms with Gasteiger partial charge >= 0.3 is 0 Å². The van der Waals surface area contributed by atoms with Gasteiger partial charge in [0.2, 0.25) is 11.8 Å². The van der Waals surface area contributed by atoms with Crippen LogP contribution in [0.25, 0.3) is 0 Å². The van der Waals surface area contributed by atoms with Crippen LogP contribution in [0.3, 0.4) is 0 Å². The minimum Gasteiger partial charge on any atom is -0.497 e. The van der Waals surface area contributed by atoms with Crippen LogP contribution in [-0.2, 0) is 16.0 Å². The van der Waals surface area contributed by atoms with Gasteiger partial charge in [-0.15, -0.1) is 0 Å². The highest BCUT2D eigenvalue weighted by atomic mass is 19.1. The first-order valence-electron chi connectivity index (χ1n) is 8.03. The van der Waals surface area contributed by atoms with Crippen molar-refractivity contribution in [2.75, 3.05) is 25.1 Å². The standard InChI is InChI=1S/C19H20F2N2O3/c1-13(24)23(18-8-5-15(20)12-17(18)21)10-9-22-19(25)11-14-3-6-16(26-2)7-4-14/h3-8,12H,9-11H2,1-2H3,(H,22,25). The molecule has 2 rings (SSSR count). The normalized spacial score (nSPS) is 10.3. The van der Waals surface area contributed by atoms with Gasteiger partial charge in [0.05, 0.1) is 19.2 Å². The molecular formula is C19H20F2N2O3. The molecule has 0 atom stereocenters. The summed E-state index contributed by atoms with van der Waals surface area (Å²) in [6.07, 6.45) is 0.176. The highest BCUT2D eigenvalue weighted by Gasteiger charge is 2.16. The molecule has 0 spiro atoms. The second-order valence-electron chi connectivity index (χ2n) is 5.64. The first kappa shape index (κ1) is 19.4. The minimum absolute atomic E-state index is 0.0247. The number of hydrogen-bond acceptors (Lipinski definition) is 3. The lowest BCUT2D eigenvalue weighted by Gasteiger charge is -2.22. The topological polar surface area (TPSA) is 58.6 Å². The Kier molecular flexibility index (Phi) is 6.66. The molecule has 0 aliphatic carbocycles. The van der Waals surface area contributed by atoms with Crippen LogP contribution in [0.15, 0.2) is 42.5 Å². The number of amides is 2. The van der Waals surface area contributed by atoms with E-state index in [1.165, 1.54) is 13.0 Å². The Morgan fingerprint density at radius 2 is 1.81 bits per heavy atom. The first-order valence-corrected chi connectivity index (χ1v) is 8.03. The molecule has 0 saturated heterocycles. The number of halogens is 2. The number of benzene rings is 2. The summed E-state index contributed by atoms with van der Waals surface area (Å²) in [5, 5.41) is 2.69. The summed E-state index contributed by atoms with van der Waals surface area (Å²) in [4.78, 5) is 24.9. The van der Waals surface area contributed by atoms with E-state index in [0.717, 1.165) is 16.5 Å². The zero-order chi connectivity index (χ0) is 19.1. The predicted octanol–water partition coefficient (Wildman–Crippen LogP) is 2.69. The van der Waals surface area contributed by atoms with E-state index in [1.54, 1.807) is 31.4 Å². The monoisotopic (exact) mass is 362 g/mol. The van der Waals surface area contributed by atoms with Crippen molar-refractivity contribution in [3.05, 3.63) is 59.7 Å². The Hall–Kier alpha value is -2.96. The molecule has 0 aliphatic rings. The Bertz CT molecular complexity index is 779. The molecule has 2 aromatic carbocycles. The molecule has 138 valence electrons. The second-order valence-corrected chi connectivity index (χ2v) is 5.64. The summed E-state index contributed by atoms with van der Waals surface area (Å²) in [6.45, 7) is 1.50. The van der Waals surface area contributed by atoms with Crippen molar-refractivity contribution in [1.82, 2.24) is 5.32 Å². The number of methoxy groups -OCH3 is 1. The summed E-state index contributed by atoms with van der Waals surface area (Å²) in [5.74, 6) is -1.47. The summed E-state index contributed by atoms with van der Waals surface area (Å²) < 4.78 is 31.9. The second kappa shape index (κ2) is 8.94. The molecule has 26 heavy (non-hydrogen) atoms. The smallest absolute Gasteiger partial charge is 0.224 e. The Balaban J connectivity index is 1.90. The van der Waals surface area contributed by atoms with Gasteiger partial charge in [0.15, 0.2) is 0 Å². The minimum atomic E-state index is -0.829. The Labute approximate surface area is 150 Å². The van der Waals surface area contributed by atoms with E-state index >= 15 is 0 Å². The fourth-order valence-corrected chi connectivity index (χ4v) is 2.45. The van der Waals surface area contributed by atoms with Crippen molar-refractivity contribution in [1.29, 1.82) is 0 Å². The maximum absolute atomic E-state index is 13.9. The molecule has 2 amide bonds. The zero-order valence-electron chi connectivity index (χ0n) is 14.6. The summed E-state index contributed by atoms with van der Waals surface area (Å²) in [5.41, 5.74) is 0.791. The van der Waals surface area contributed by atoms with Crippen LogP contribution in [0.1, 0.15) is 12.5 Å². The van der Waals surface area contributed by atoms with Gasteiger partial charge in [-0.2, -0.15) is 0 Å². The van der Waals surface area contributed by atoms with Crippen molar-refractivity contribution in [2.24, 2.45) is 0 Å². The maximum Gasteiger partial charge on any atom is 0.224 e. The van der Waals surface area contributed by atoms with Gasteiger partial charge in [0, 0.05) is 26.1 Å². The van der Waals surface area contributed by atoms with Crippen LogP contribution in [0, 0.1) is 11.6 Å². The molecule has 2 aromatic rings. The van der Waals surface area contributed by atoms with Gasteiger partial charge in [-0.3, -0.25) is 9.59 Å². The molecule has 0 bridgehead atoms. The van der Waals surface area contributed by atoms with Gasteiger partial charge in [0.25, 0.3) is 0 Å². The number of nitrogens with zero attached hydrogens (tertiary/aromatic N) is 1. The number of hydrogen-bond donors (Lipinski definition) is 1. The molecule has 7 heteroatoms. The average molecular weight is 362 g/mol. The number of ether oxygens (including phenoxy) is 1. The number of carbonyl (C=O) groups excluding carboxylic acids is 2. The maximum atomic E-state index is 13.9. The molecule has 0 radical (unpaired) electrons. The molecule has 0 saturated carbocycles. The van der Waals surface area contributed by atoms with Crippen LogP contribution in [0.2, 0.25) is 0 Å². The Morgan fingerprint density at radius 3 is 2.38 bits per heavy atom. The third kappa shape index (κ3) is 5.27. The van der Waals surface area contributed by atoms with Crippen molar-refractivity contribution in [2.45, 2.75) is 13.3 Å². The number of nitrogens with one attached hydrogen (secondary N) is 1. The molecule has 0 aromatic heterocycles. The van der Waals surface area contributed by atoms with Crippen molar-refractivity contribution >= 4 is 17.5 Å². The number of rotatable bonds is 7.